The number of carbonyl (C=O) groups excluding carboxylic acids is 1. The van der Waals surface area contributed by atoms with Crippen LogP contribution in [0.15, 0.2) is 18.3 Å². The van der Waals surface area contributed by atoms with Crippen molar-refractivity contribution in [3.63, 3.8) is 0 Å². The van der Waals surface area contributed by atoms with Gasteiger partial charge in [-0.1, -0.05) is 0 Å². The zero-order chi connectivity index (χ0) is 16.2. The Morgan fingerprint density at radius 1 is 1.30 bits per heavy atom. The van der Waals surface area contributed by atoms with Crippen molar-refractivity contribution in [3.8, 4) is 5.88 Å². The quantitative estimate of drug-likeness (QED) is 0.900. The molecule has 2 aliphatic rings. The van der Waals surface area contributed by atoms with Gasteiger partial charge in [0.15, 0.2) is 6.10 Å². The Morgan fingerprint density at radius 2 is 2.09 bits per heavy atom. The van der Waals surface area contributed by atoms with Gasteiger partial charge in [0.25, 0.3) is 5.91 Å². The van der Waals surface area contributed by atoms with Crippen LogP contribution in [0.3, 0.4) is 0 Å². The predicted octanol–water partition coefficient (Wildman–Crippen LogP) is 1.33. The monoisotopic (exact) mass is 320 g/mol. The minimum Gasteiger partial charge on any atom is -0.479 e. The zero-order valence-corrected chi connectivity index (χ0v) is 12.8. The number of pyridine rings is 1. The second kappa shape index (κ2) is 6.95. The fourth-order valence-corrected chi connectivity index (χ4v) is 2.92. The van der Waals surface area contributed by atoms with Crippen LogP contribution in [0.4, 0.5) is 0 Å². The van der Waals surface area contributed by atoms with Gasteiger partial charge in [-0.2, -0.15) is 0 Å². The van der Waals surface area contributed by atoms with Crippen molar-refractivity contribution in [2.24, 2.45) is 0 Å². The number of aliphatic carboxylic acids is 1. The minimum atomic E-state index is -1.05. The third-order valence-electron chi connectivity index (χ3n) is 4.20. The first-order valence-electron chi connectivity index (χ1n) is 7.90. The number of carboxylic acids is 1. The van der Waals surface area contributed by atoms with E-state index in [9.17, 15) is 9.59 Å². The smallest absolute Gasteiger partial charge is 0.334 e. The molecule has 0 spiro atoms. The van der Waals surface area contributed by atoms with E-state index in [1.54, 1.807) is 12.1 Å². The van der Waals surface area contributed by atoms with Gasteiger partial charge in [0.2, 0.25) is 5.88 Å². The van der Waals surface area contributed by atoms with E-state index in [0.29, 0.717) is 18.0 Å². The Morgan fingerprint density at radius 3 is 2.74 bits per heavy atom. The van der Waals surface area contributed by atoms with Crippen LogP contribution in [-0.4, -0.2) is 58.8 Å². The molecule has 1 aliphatic carbocycles. The van der Waals surface area contributed by atoms with Crippen LogP contribution >= 0.6 is 0 Å². The first kappa shape index (κ1) is 15.7. The molecule has 0 aromatic carbocycles. The third-order valence-corrected chi connectivity index (χ3v) is 4.20. The number of hydrogen-bond donors (Lipinski definition) is 1. The molecule has 1 aliphatic heterocycles. The van der Waals surface area contributed by atoms with Crippen molar-refractivity contribution in [2.45, 2.75) is 37.9 Å². The topological polar surface area (TPSA) is 89.0 Å². The molecule has 0 bridgehead atoms. The molecule has 2 heterocycles. The lowest BCUT2D eigenvalue weighted by Crippen LogP contribution is -2.48. The molecule has 7 heteroatoms. The van der Waals surface area contributed by atoms with Crippen molar-refractivity contribution in [3.05, 3.63) is 23.9 Å². The van der Waals surface area contributed by atoms with Gasteiger partial charge in [0.1, 0.15) is 6.10 Å². The normalized spacial score (nSPS) is 22.1. The van der Waals surface area contributed by atoms with Crippen molar-refractivity contribution < 1.29 is 24.2 Å². The Balaban J connectivity index is 1.61. The molecule has 2 fully saturated rings. The summed E-state index contributed by atoms with van der Waals surface area (Å²) in [5.74, 6) is -0.765. The number of ether oxygens (including phenoxy) is 2. The highest BCUT2D eigenvalue weighted by molar-refractivity contribution is 5.94. The summed E-state index contributed by atoms with van der Waals surface area (Å²) in [5.41, 5.74) is 0.426. The van der Waals surface area contributed by atoms with Crippen LogP contribution < -0.4 is 4.74 Å². The van der Waals surface area contributed by atoms with Gasteiger partial charge in [-0.3, -0.25) is 4.79 Å². The molecule has 3 rings (SSSR count). The summed E-state index contributed by atoms with van der Waals surface area (Å²) in [6.07, 6.45) is 5.20. The molecule has 0 radical (unpaired) electrons. The molecule has 23 heavy (non-hydrogen) atoms. The molecular formula is C16H20N2O5. The number of aromatic nitrogens is 1. The summed E-state index contributed by atoms with van der Waals surface area (Å²) >= 11 is 0. The predicted molar refractivity (Wildman–Crippen MR) is 80.4 cm³/mol. The maximum Gasteiger partial charge on any atom is 0.334 e. The first-order chi connectivity index (χ1) is 11.1. The Labute approximate surface area is 134 Å². The van der Waals surface area contributed by atoms with Gasteiger partial charge >= 0.3 is 5.97 Å². The van der Waals surface area contributed by atoms with E-state index in [0.717, 1.165) is 12.8 Å². The van der Waals surface area contributed by atoms with E-state index in [1.807, 2.05) is 0 Å². The maximum absolute atomic E-state index is 12.4. The second-order valence-corrected chi connectivity index (χ2v) is 5.86. The van der Waals surface area contributed by atoms with Gasteiger partial charge in [0, 0.05) is 18.8 Å². The number of hydrogen-bond acceptors (Lipinski definition) is 5. The summed E-state index contributed by atoms with van der Waals surface area (Å²) < 4.78 is 10.9. The lowest BCUT2D eigenvalue weighted by atomic mass is 10.2. The largest absolute Gasteiger partial charge is 0.479 e. The number of rotatable bonds is 4. The third kappa shape index (κ3) is 3.79. The van der Waals surface area contributed by atoms with Crippen molar-refractivity contribution in [1.29, 1.82) is 0 Å². The zero-order valence-electron chi connectivity index (χ0n) is 12.8. The molecule has 7 nitrogen and oxygen atoms in total. The van der Waals surface area contributed by atoms with E-state index in [4.69, 9.17) is 14.6 Å². The van der Waals surface area contributed by atoms with Crippen LogP contribution in [0, 0.1) is 0 Å². The van der Waals surface area contributed by atoms with Crippen LogP contribution in [0.5, 0.6) is 5.88 Å². The molecule has 1 aromatic rings. The number of nitrogens with zero attached hydrogens (tertiary/aromatic N) is 2. The van der Waals surface area contributed by atoms with E-state index < -0.39 is 12.1 Å². The highest BCUT2D eigenvalue weighted by atomic mass is 16.5. The molecule has 124 valence electrons. The van der Waals surface area contributed by atoms with Gasteiger partial charge in [0.05, 0.1) is 18.7 Å². The summed E-state index contributed by atoms with van der Waals surface area (Å²) in [4.78, 5) is 29.1. The highest BCUT2D eigenvalue weighted by Crippen LogP contribution is 2.23. The number of carbonyl (C=O) groups is 2. The standard InChI is InChI=1S/C16H20N2O5/c19-15(18-7-8-22-13(10-18)16(20)21)11-5-6-14(17-9-11)23-12-3-1-2-4-12/h5-6,9,12-13H,1-4,7-8,10H2,(H,20,21). The van der Waals surface area contributed by atoms with Gasteiger partial charge in [-0.25, -0.2) is 9.78 Å². The van der Waals surface area contributed by atoms with E-state index in [1.165, 1.54) is 23.9 Å². The molecule has 1 saturated carbocycles. The molecule has 1 N–H and O–H groups in total. The minimum absolute atomic E-state index is 0.0501. The average molecular weight is 320 g/mol. The Bertz CT molecular complexity index is 568. The first-order valence-corrected chi connectivity index (χ1v) is 7.90. The number of morpholine rings is 1. The van der Waals surface area contributed by atoms with Crippen molar-refractivity contribution >= 4 is 11.9 Å². The molecule has 1 unspecified atom stereocenters. The summed E-state index contributed by atoms with van der Waals surface area (Å²) in [7, 11) is 0. The fourth-order valence-electron chi connectivity index (χ4n) is 2.92. The SMILES string of the molecule is O=C(O)C1CN(C(=O)c2ccc(OC3CCCC3)nc2)CCO1. The van der Waals surface area contributed by atoms with Gasteiger partial charge < -0.3 is 19.5 Å². The summed E-state index contributed by atoms with van der Waals surface area (Å²) in [5, 5.41) is 8.99. The Kier molecular flexibility index (Phi) is 4.76. The van der Waals surface area contributed by atoms with Gasteiger partial charge in [-0.05, 0) is 31.7 Å². The highest BCUT2D eigenvalue weighted by Gasteiger charge is 2.29. The molecule has 1 aromatic heterocycles. The summed E-state index contributed by atoms with van der Waals surface area (Å²) in [6, 6.07) is 3.37. The van der Waals surface area contributed by atoms with E-state index in [-0.39, 0.29) is 25.2 Å². The van der Waals surface area contributed by atoms with Crippen molar-refractivity contribution in [1.82, 2.24) is 9.88 Å². The van der Waals surface area contributed by atoms with E-state index >= 15 is 0 Å². The van der Waals surface area contributed by atoms with Gasteiger partial charge in [-0.15, -0.1) is 0 Å². The van der Waals surface area contributed by atoms with E-state index in [2.05, 4.69) is 4.98 Å². The molecule has 1 amide bonds. The van der Waals surface area contributed by atoms with Crippen LogP contribution in [0.2, 0.25) is 0 Å². The van der Waals surface area contributed by atoms with Crippen LogP contribution in [0.1, 0.15) is 36.0 Å². The lowest BCUT2D eigenvalue weighted by molar-refractivity contribution is -0.154. The molecule has 1 saturated heterocycles. The molecule has 1 atom stereocenters. The second-order valence-electron chi connectivity index (χ2n) is 5.86. The van der Waals surface area contributed by atoms with Crippen LogP contribution in [-0.2, 0) is 9.53 Å². The molecular weight excluding hydrogens is 300 g/mol. The Hall–Kier alpha value is -2.15. The number of carboxylic acid groups (broad SMARTS) is 1. The van der Waals surface area contributed by atoms with Crippen molar-refractivity contribution in [2.75, 3.05) is 19.7 Å². The lowest BCUT2D eigenvalue weighted by Gasteiger charge is -2.30. The number of amides is 1. The fraction of sp³-hybridized carbons (Fsp3) is 0.562. The maximum atomic E-state index is 12.4. The average Bonchev–Trinajstić information content (AvgIpc) is 3.08. The van der Waals surface area contributed by atoms with Crippen LogP contribution in [0.25, 0.3) is 0 Å². The summed E-state index contributed by atoms with van der Waals surface area (Å²) in [6.45, 7) is 0.649.